The van der Waals surface area contributed by atoms with Crippen molar-refractivity contribution in [3.8, 4) is 0 Å². The van der Waals surface area contributed by atoms with E-state index < -0.39 is 4.92 Å². The van der Waals surface area contributed by atoms with Crippen LogP contribution in [-0.4, -0.2) is 16.6 Å². The summed E-state index contributed by atoms with van der Waals surface area (Å²) in [5.74, 6) is -0.228. The molecule has 1 aromatic carbocycles. The van der Waals surface area contributed by atoms with Crippen molar-refractivity contribution in [3.05, 3.63) is 39.9 Å². The van der Waals surface area contributed by atoms with Crippen LogP contribution in [0.5, 0.6) is 0 Å². The maximum Gasteiger partial charge on any atom is 0.272 e. The fourth-order valence-corrected chi connectivity index (χ4v) is 1.79. The Labute approximate surface area is 95.1 Å². The molecule has 1 N–H and O–H groups in total. The first-order valence-corrected chi connectivity index (χ1v) is 5.22. The van der Waals surface area contributed by atoms with Crippen molar-refractivity contribution in [3.63, 3.8) is 0 Å². The molecule has 0 bridgehead atoms. The second kappa shape index (κ2) is 4.61. The normalized spacial score (nSPS) is 13.5. The molecular weight excluding hydrogens is 206 g/mol. The van der Waals surface area contributed by atoms with E-state index in [9.17, 15) is 15.2 Å². The highest BCUT2D eigenvalue weighted by atomic mass is 16.6. The second-order valence-corrected chi connectivity index (χ2v) is 4.92. The number of aliphatic hydroxyl groups excluding tert-OH is 1. The van der Waals surface area contributed by atoms with Crippen LogP contribution in [0.3, 0.4) is 0 Å². The lowest BCUT2D eigenvalue weighted by Crippen LogP contribution is -2.22. The Morgan fingerprint density at radius 2 is 1.94 bits per heavy atom. The monoisotopic (exact) mass is 223 g/mol. The summed E-state index contributed by atoms with van der Waals surface area (Å²) in [5, 5.41) is 20.3. The van der Waals surface area contributed by atoms with Gasteiger partial charge in [0.25, 0.3) is 5.69 Å². The van der Waals surface area contributed by atoms with Gasteiger partial charge in [-0.15, -0.1) is 0 Å². The van der Waals surface area contributed by atoms with Gasteiger partial charge in [0.2, 0.25) is 0 Å². The molecule has 0 radical (unpaired) electrons. The van der Waals surface area contributed by atoms with Crippen LogP contribution in [0.1, 0.15) is 32.3 Å². The fourth-order valence-electron chi connectivity index (χ4n) is 1.79. The van der Waals surface area contributed by atoms with Crippen LogP contribution in [0, 0.1) is 15.5 Å². The van der Waals surface area contributed by atoms with Gasteiger partial charge in [-0.2, -0.15) is 0 Å². The Morgan fingerprint density at radius 1 is 1.38 bits per heavy atom. The van der Waals surface area contributed by atoms with Gasteiger partial charge in [-0.05, 0) is 5.41 Å². The largest absolute Gasteiger partial charge is 0.396 e. The molecule has 4 nitrogen and oxygen atoms in total. The molecule has 1 aromatic rings. The van der Waals surface area contributed by atoms with E-state index in [1.54, 1.807) is 18.2 Å². The number of nitro groups is 1. The third-order valence-corrected chi connectivity index (χ3v) is 2.74. The van der Waals surface area contributed by atoms with Crippen LogP contribution >= 0.6 is 0 Å². The lowest BCUT2D eigenvalue weighted by atomic mass is 9.76. The third kappa shape index (κ3) is 2.58. The average Bonchev–Trinajstić information content (AvgIpc) is 2.17. The Hall–Kier alpha value is -1.42. The van der Waals surface area contributed by atoms with Gasteiger partial charge in [0.1, 0.15) is 0 Å². The molecule has 1 unspecified atom stereocenters. The van der Waals surface area contributed by atoms with Gasteiger partial charge in [0.05, 0.1) is 11.5 Å². The van der Waals surface area contributed by atoms with E-state index in [1.807, 2.05) is 20.8 Å². The number of rotatable bonds is 3. The molecular formula is C12H17NO3. The molecule has 0 fully saturated rings. The molecule has 4 heteroatoms. The predicted octanol–water partition coefficient (Wildman–Crippen LogP) is 2.72. The van der Waals surface area contributed by atoms with Crippen molar-refractivity contribution in [1.82, 2.24) is 0 Å². The van der Waals surface area contributed by atoms with Gasteiger partial charge in [-0.3, -0.25) is 10.1 Å². The van der Waals surface area contributed by atoms with E-state index in [-0.39, 0.29) is 23.6 Å². The molecule has 16 heavy (non-hydrogen) atoms. The lowest BCUT2D eigenvalue weighted by Gasteiger charge is -2.29. The summed E-state index contributed by atoms with van der Waals surface area (Å²) >= 11 is 0. The Bertz CT molecular complexity index is 382. The number of para-hydroxylation sites is 1. The molecule has 0 saturated heterocycles. The maximum atomic E-state index is 10.9. The van der Waals surface area contributed by atoms with Crippen LogP contribution in [0.2, 0.25) is 0 Å². The van der Waals surface area contributed by atoms with Gasteiger partial charge < -0.3 is 5.11 Å². The standard InChI is InChI=1S/C12H17NO3/c1-12(2,3)10(8-14)9-6-4-5-7-11(9)13(15)16/h4-7,10,14H,8H2,1-3H3. The summed E-state index contributed by atoms with van der Waals surface area (Å²) < 4.78 is 0. The average molecular weight is 223 g/mol. The van der Waals surface area contributed by atoms with Crippen molar-refractivity contribution in [2.45, 2.75) is 26.7 Å². The number of hydrogen-bond acceptors (Lipinski definition) is 3. The molecule has 0 aliphatic carbocycles. The Balaban J connectivity index is 3.25. The van der Waals surface area contributed by atoms with Gasteiger partial charge in [0, 0.05) is 17.5 Å². The van der Waals surface area contributed by atoms with E-state index in [4.69, 9.17) is 0 Å². The molecule has 0 aliphatic heterocycles. The minimum absolute atomic E-state index is 0.0801. The van der Waals surface area contributed by atoms with Crippen LogP contribution in [0.15, 0.2) is 24.3 Å². The summed E-state index contributed by atoms with van der Waals surface area (Å²) in [6.45, 7) is 5.80. The molecule has 0 spiro atoms. The van der Waals surface area contributed by atoms with Crippen LogP contribution in [0.25, 0.3) is 0 Å². The first-order chi connectivity index (χ1) is 7.38. The van der Waals surface area contributed by atoms with Crippen LogP contribution in [0.4, 0.5) is 5.69 Å². The quantitative estimate of drug-likeness (QED) is 0.633. The maximum absolute atomic E-state index is 10.9. The number of nitrogens with zero attached hydrogens (tertiary/aromatic N) is 1. The van der Waals surface area contributed by atoms with Crippen LogP contribution in [-0.2, 0) is 0 Å². The summed E-state index contributed by atoms with van der Waals surface area (Å²) in [5.41, 5.74) is 0.472. The highest BCUT2D eigenvalue weighted by Gasteiger charge is 2.30. The summed E-state index contributed by atoms with van der Waals surface area (Å²) in [6.07, 6.45) is 0. The van der Waals surface area contributed by atoms with Gasteiger partial charge in [0.15, 0.2) is 0 Å². The SMILES string of the molecule is CC(C)(C)C(CO)c1ccccc1[N+](=O)[O-]. The van der Waals surface area contributed by atoms with E-state index >= 15 is 0 Å². The first-order valence-electron chi connectivity index (χ1n) is 5.22. The van der Waals surface area contributed by atoms with Gasteiger partial charge in [-0.25, -0.2) is 0 Å². The highest BCUT2D eigenvalue weighted by molar-refractivity contribution is 5.43. The van der Waals surface area contributed by atoms with E-state index in [1.165, 1.54) is 6.07 Å². The summed E-state index contributed by atoms with van der Waals surface area (Å²) in [6, 6.07) is 6.59. The Kier molecular flexibility index (Phi) is 3.65. The first kappa shape index (κ1) is 12.6. The lowest BCUT2D eigenvalue weighted by molar-refractivity contribution is -0.386. The smallest absolute Gasteiger partial charge is 0.272 e. The zero-order chi connectivity index (χ0) is 12.3. The summed E-state index contributed by atoms with van der Waals surface area (Å²) in [4.78, 5) is 10.5. The van der Waals surface area contributed by atoms with Crippen molar-refractivity contribution in [2.24, 2.45) is 5.41 Å². The van der Waals surface area contributed by atoms with Gasteiger partial charge in [-0.1, -0.05) is 39.0 Å². The predicted molar refractivity (Wildman–Crippen MR) is 62.4 cm³/mol. The molecule has 1 rings (SSSR count). The van der Waals surface area contributed by atoms with Crippen molar-refractivity contribution in [2.75, 3.05) is 6.61 Å². The topological polar surface area (TPSA) is 63.4 Å². The highest BCUT2D eigenvalue weighted by Crippen LogP contribution is 2.38. The van der Waals surface area contributed by atoms with Crippen LogP contribution < -0.4 is 0 Å². The minimum atomic E-state index is -0.399. The molecule has 1 atom stereocenters. The molecule has 0 amide bonds. The van der Waals surface area contributed by atoms with Gasteiger partial charge >= 0.3 is 0 Å². The fraction of sp³-hybridized carbons (Fsp3) is 0.500. The molecule has 88 valence electrons. The van der Waals surface area contributed by atoms with E-state index in [0.717, 1.165) is 0 Å². The number of aliphatic hydroxyl groups is 1. The van der Waals surface area contributed by atoms with E-state index in [2.05, 4.69) is 0 Å². The van der Waals surface area contributed by atoms with E-state index in [0.29, 0.717) is 5.56 Å². The zero-order valence-electron chi connectivity index (χ0n) is 9.80. The second-order valence-electron chi connectivity index (χ2n) is 4.92. The number of benzene rings is 1. The number of hydrogen-bond donors (Lipinski definition) is 1. The van der Waals surface area contributed by atoms with Crippen molar-refractivity contribution >= 4 is 5.69 Å². The Morgan fingerprint density at radius 3 is 2.38 bits per heavy atom. The van der Waals surface area contributed by atoms with Crippen molar-refractivity contribution < 1.29 is 10.0 Å². The molecule has 0 aliphatic rings. The molecule has 0 saturated carbocycles. The van der Waals surface area contributed by atoms with Crippen molar-refractivity contribution in [1.29, 1.82) is 0 Å². The third-order valence-electron chi connectivity index (χ3n) is 2.74. The summed E-state index contributed by atoms with van der Waals surface area (Å²) in [7, 11) is 0. The zero-order valence-corrected chi connectivity index (χ0v) is 9.80. The minimum Gasteiger partial charge on any atom is -0.396 e. The molecule has 0 heterocycles. The molecule has 0 aromatic heterocycles. The number of nitro benzene ring substituents is 1.